The van der Waals surface area contributed by atoms with Crippen LogP contribution in [0, 0.1) is 0 Å². The number of carbonyl (C=O) groups excluding carboxylic acids is 1. The van der Waals surface area contributed by atoms with Gasteiger partial charge in [-0.2, -0.15) is 0 Å². The van der Waals surface area contributed by atoms with Gasteiger partial charge >= 0.3 is 0 Å². The molecule has 2 rings (SSSR count). The van der Waals surface area contributed by atoms with E-state index in [9.17, 15) is 4.79 Å². The minimum absolute atomic E-state index is 0.0285. The predicted octanol–water partition coefficient (Wildman–Crippen LogP) is 2.00. The molecule has 0 heterocycles. The average Bonchev–Trinajstić information content (AvgIpc) is 3.11. The van der Waals surface area contributed by atoms with Crippen molar-refractivity contribution in [3.63, 3.8) is 0 Å². The molecule has 0 saturated heterocycles. The lowest BCUT2D eigenvalue weighted by Crippen LogP contribution is -2.41. The van der Waals surface area contributed by atoms with E-state index in [1.807, 2.05) is 0 Å². The fourth-order valence-corrected chi connectivity index (χ4v) is 2.37. The average molecular weight is 232 g/mol. The molecule has 1 aliphatic carbocycles. The fraction of sp³-hybridized carbons (Fsp3) is 0.500. The van der Waals surface area contributed by atoms with Crippen LogP contribution in [0.1, 0.15) is 37.3 Å². The summed E-state index contributed by atoms with van der Waals surface area (Å²) in [5.74, 6) is 5.59. The SMILES string of the molecule is CCCc1ccc(C2(C(=O)N(C)N)CC2)cc1. The molecular weight excluding hydrogens is 212 g/mol. The van der Waals surface area contributed by atoms with Gasteiger partial charge in [-0.15, -0.1) is 0 Å². The van der Waals surface area contributed by atoms with E-state index in [2.05, 4.69) is 31.2 Å². The van der Waals surface area contributed by atoms with Crippen LogP contribution >= 0.6 is 0 Å². The molecular formula is C14H20N2O. The molecule has 1 aromatic carbocycles. The molecule has 0 atom stereocenters. The number of benzene rings is 1. The van der Waals surface area contributed by atoms with Gasteiger partial charge in [0.05, 0.1) is 5.41 Å². The van der Waals surface area contributed by atoms with Crippen LogP contribution in [-0.2, 0) is 16.6 Å². The van der Waals surface area contributed by atoms with E-state index in [0.717, 1.165) is 31.2 Å². The van der Waals surface area contributed by atoms with Crippen LogP contribution in [0.25, 0.3) is 0 Å². The van der Waals surface area contributed by atoms with Gasteiger partial charge in [0.2, 0.25) is 5.91 Å². The molecule has 3 heteroatoms. The summed E-state index contributed by atoms with van der Waals surface area (Å²) in [7, 11) is 1.62. The van der Waals surface area contributed by atoms with Crippen molar-refractivity contribution >= 4 is 5.91 Å². The highest BCUT2D eigenvalue weighted by molar-refractivity contribution is 5.90. The number of hydrazine groups is 1. The quantitative estimate of drug-likeness (QED) is 0.490. The van der Waals surface area contributed by atoms with Gasteiger partial charge in [-0.25, -0.2) is 5.84 Å². The fourth-order valence-electron chi connectivity index (χ4n) is 2.37. The number of amides is 1. The number of nitrogens with two attached hydrogens (primary N) is 1. The van der Waals surface area contributed by atoms with Crippen LogP contribution in [0.5, 0.6) is 0 Å². The Morgan fingerprint density at radius 2 is 1.94 bits per heavy atom. The van der Waals surface area contributed by atoms with Crippen molar-refractivity contribution in [3.8, 4) is 0 Å². The van der Waals surface area contributed by atoms with E-state index in [1.54, 1.807) is 7.05 Å². The Bertz CT molecular complexity index is 405. The van der Waals surface area contributed by atoms with Crippen molar-refractivity contribution in [2.24, 2.45) is 5.84 Å². The summed E-state index contributed by atoms with van der Waals surface area (Å²) < 4.78 is 0. The highest BCUT2D eigenvalue weighted by atomic mass is 16.2. The third kappa shape index (κ3) is 2.20. The van der Waals surface area contributed by atoms with Gasteiger partial charge in [-0.3, -0.25) is 9.80 Å². The minimum atomic E-state index is -0.325. The highest BCUT2D eigenvalue weighted by Gasteiger charge is 2.52. The van der Waals surface area contributed by atoms with E-state index in [4.69, 9.17) is 5.84 Å². The number of carbonyl (C=O) groups is 1. The Balaban J connectivity index is 2.20. The van der Waals surface area contributed by atoms with Gasteiger partial charge in [0.25, 0.3) is 0 Å². The predicted molar refractivity (Wildman–Crippen MR) is 68.3 cm³/mol. The van der Waals surface area contributed by atoms with Crippen LogP contribution in [-0.4, -0.2) is 18.0 Å². The van der Waals surface area contributed by atoms with Crippen molar-refractivity contribution < 1.29 is 4.79 Å². The van der Waals surface area contributed by atoms with Gasteiger partial charge in [-0.1, -0.05) is 37.6 Å². The summed E-state index contributed by atoms with van der Waals surface area (Å²) >= 11 is 0. The second-order valence-electron chi connectivity index (χ2n) is 4.95. The lowest BCUT2D eigenvalue weighted by molar-refractivity contribution is -0.132. The number of aryl methyl sites for hydroxylation is 1. The molecule has 0 aliphatic heterocycles. The first kappa shape index (κ1) is 12.1. The summed E-state index contributed by atoms with van der Waals surface area (Å²) in [5, 5.41) is 1.22. The first-order chi connectivity index (χ1) is 8.10. The Labute approximate surface area is 103 Å². The molecule has 92 valence electrons. The lowest BCUT2D eigenvalue weighted by Gasteiger charge is -2.19. The van der Waals surface area contributed by atoms with Crippen LogP contribution in [0.15, 0.2) is 24.3 Å². The summed E-state index contributed by atoms with van der Waals surface area (Å²) in [5.41, 5.74) is 2.12. The van der Waals surface area contributed by atoms with E-state index in [0.29, 0.717) is 0 Å². The van der Waals surface area contributed by atoms with E-state index in [-0.39, 0.29) is 11.3 Å². The van der Waals surface area contributed by atoms with E-state index >= 15 is 0 Å². The monoisotopic (exact) mass is 232 g/mol. The van der Waals surface area contributed by atoms with Crippen LogP contribution in [0.3, 0.4) is 0 Å². The number of hydrogen-bond acceptors (Lipinski definition) is 2. The van der Waals surface area contributed by atoms with Gasteiger partial charge in [0.1, 0.15) is 0 Å². The summed E-state index contributed by atoms with van der Waals surface area (Å²) in [4.78, 5) is 12.0. The second-order valence-corrected chi connectivity index (χ2v) is 4.95. The molecule has 1 aliphatic rings. The Kier molecular flexibility index (Phi) is 3.20. The highest BCUT2D eigenvalue weighted by Crippen LogP contribution is 2.49. The Morgan fingerprint density at radius 3 is 2.35 bits per heavy atom. The first-order valence-corrected chi connectivity index (χ1v) is 6.22. The van der Waals surface area contributed by atoms with E-state index in [1.165, 1.54) is 10.6 Å². The second kappa shape index (κ2) is 4.49. The van der Waals surface area contributed by atoms with Crippen molar-refractivity contribution in [1.82, 2.24) is 5.01 Å². The zero-order valence-electron chi connectivity index (χ0n) is 10.6. The third-order valence-corrected chi connectivity index (χ3v) is 3.52. The van der Waals surface area contributed by atoms with Gasteiger partial charge in [-0.05, 0) is 30.4 Å². The Morgan fingerprint density at radius 1 is 1.35 bits per heavy atom. The number of nitrogens with zero attached hydrogens (tertiary/aromatic N) is 1. The van der Waals surface area contributed by atoms with Gasteiger partial charge in [0, 0.05) is 7.05 Å². The minimum Gasteiger partial charge on any atom is -0.283 e. The topological polar surface area (TPSA) is 46.3 Å². The largest absolute Gasteiger partial charge is 0.283 e. The maximum Gasteiger partial charge on any atom is 0.246 e. The standard InChI is InChI=1S/C14H20N2O/c1-3-4-11-5-7-12(8-6-11)14(9-10-14)13(17)16(2)15/h5-8H,3-4,9-10,15H2,1-2H3. The molecule has 0 aromatic heterocycles. The zero-order chi connectivity index (χ0) is 12.5. The zero-order valence-corrected chi connectivity index (χ0v) is 10.6. The molecule has 0 unspecified atom stereocenters. The maximum absolute atomic E-state index is 12.0. The third-order valence-electron chi connectivity index (χ3n) is 3.52. The molecule has 0 bridgehead atoms. The number of hydrogen-bond donors (Lipinski definition) is 1. The van der Waals surface area contributed by atoms with Crippen molar-refractivity contribution in [3.05, 3.63) is 35.4 Å². The molecule has 17 heavy (non-hydrogen) atoms. The number of likely N-dealkylation sites (N-methyl/N-ethyl adjacent to an activating group) is 1. The molecule has 3 nitrogen and oxygen atoms in total. The van der Waals surface area contributed by atoms with Gasteiger partial charge in [0.15, 0.2) is 0 Å². The molecule has 2 N–H and O–H groups in total. The smallest absolute Gasteiger partial charge is 0.246 e. The van der Waals surface area contributed by atoms with Gasteiger partial charge < -0.3 is 0 Å². The summed E-state index contributed by atoms with van der Waals surface area (Å²) in [6.45, 7) is 2.17. The van der Waals surface area contributed by atoms with Crippen LogP contribution in [0.2, 0.25) is 0 Å². The Hall–Kier alpha value is -1.35. The summed E-state index contributed by atoms with van der Waals surface area (Å²) in [6, 6.07) is 8.42. The van der Waals surface area contributed by atoms with Crippen molar-refractivity contribution in [1.29, 1.82) is 0 Å². The van der Waals surface area contributed by atoms with Crippen molar-refractivity contribution in [2.75, 3.05) is 7.05 Å². The lowest BCUT2D eigenvalue weighted by atomic mass is 9.93. The van der Waals surface area contributed by atoms with Crippen molar-refractivity contribution in [2.45, 2.75) is 38.0 Å². The summed E-state index contributed by atoms with van der Waals surface area (Å²) in [6.07, 6.45) is 4.08. The maximum atomic E-state index is 12.0. The molecule has 0 spiro atoms. The molecule has 1 fully saturated rings. The first-order valence-electron chi connectivity index (χ1n) is 6.22. The molecule has 1 aromatic rings. The normalized spacial score (nSPS) is 16.6. The van der Waals surface area contributed by atoms with E-state index < -0.39 is 0 Å². The van der Waals surface area contributed by atoms with Crippen LogP contribution < -0.4 is 5.84 Å². The molecule has 1 saturated carbocycles. The molecule has 1 amide bonds. The van der Waals surface area contributed by atoms with Crippen LogP contribution in [0.4, 0.5) is 0 Å². The molecule has 0 radical (unpaired) electrons. The number of rotatable bonds is 4.